The van der Waals surface area contributed by atoms with Gasteiger partial charge in [0.1, 0.15) is 0 Å². The molecule has 3 nitrogen and oxygen atoms in total. The van der Waals surface area contributed by atoms with Crippen molar-refractivity contribution in [3.8, 4) is 0 Å². The largest absolute Gasteiger partial charge is 0.329 e. The summed E-state index contributed by atoms with van der Waals surface area (Å²) in [5.74, 6) is 0.905. The molecule has 0 spiro atoms. The first kappa shape index (κ1) is 14.2. The summed E-state index contributed by atoms with van der Waals surface area (Å²) in [6.45, 7) is 2.70. The van der Waals surface area contributed by atoms with Crippen molar-refractivity contribution in [2.24, 2.45) is 17.1 Å². The third kappa shape index (κ3) is 2.46. The van der Waals surface area contributed by atoms with E-state index in [1.165, 1.54) is 0 Å². The summed E-state index contributed by atoms with van der Waals surface area (Å²) in [6.07, 6.45) is 5.75. The molecule has 0 amide bonds. The van der Waals surface area contributed by atoms with Crippen LogP contribution in [0.2, 0.25) is 0 Å². The first-order valence-electron chi connectivity index (χ1n) is 7.75. The van der Waals surface area contributed by atoms with E-state index in [-0.39, 0.29) is 11.2 Å². The van der Waals surface area contributed by atoms with Crippen LogP contribution < -0.4 is 5.73 Å². The van der Waals surface area contributed by atoms with Gasteiger partial charge in [0.05, 0.1) is 5.52 Å². The molecule has 3 rings (SSSR count). The van der Waals surface area contributed by atoms with Gasteiger partial charge in [-0.1, -0.05) is 25.1 Å². The Hall–Kier alpha value is -1.74. The average Bonchev–Trinajstić information content (AvgIpc) is 2.55. The molecule has 110 valence electrons. The van der Waals surface area contributed by atoms with E-state index in [1.807, 2.05) is 30.3 Å². The highest BCUT2D eigenvalue weighted by Gasteiger charge is 2.40. The van der Waals surface area contributed by atoms with E-state index in [9.17, 15) is 4.79 Å². The summed E-state index contributed by atoms with van der Waals surface area (Å²) in [7, 11) is 0. The fourth-order valence-electron chi connectivity index (χ4n) is 3.43. The molecule has 1 aliphatic carbocycles. The highest BCUT2D eigenvalue weighted by molar-refractivity contribution is 6.10. The van der Waals surface area contributed by atoms with Crippen LogP contribution in [-0.4, -0.2) is 17.3 Å². The molecule has 1 fully saturated rings. The molecule has 2 N–H and O–H groups in total. The molecule has 3 heteroatoms. The van der Waals surface area contributed by atoms with Crippen molar-refractivity contribution in [3.63, 3.8) is 0 Å². The lowest BCUT2D eigenvalue weighted by atomic mass is 9.67. The molecule has 21 heavy (non-hydrogen) atoms. The lowest BCUT2D eigenvalue weighted by molar-refractivity contribution is 0.0697. The second-order valence-electron chi connectivity index (χ2n) is 6.37. The maximum absolute atomic E-state index is 13.2. The fourth-order valence-corrected chi connectivity index (χ4v) is 3.43. The zero-order valence-electron chi connectivity index (χ0n) is 12.5. The SMILES string of the molecule is CC1CCC(CN)(C(=O)c2cccc3ncccc23)CC1. The fraction of sp³-hybridized carbons (Fsp3) is 0.444. The van der Waals surface area contributed by atoms with E-state index >= 15 is 0 Å². The van der Waals surface area contributed by atoms with Crippen LogP contribution in [0, 0.1) is 11.3 Å². The van der Waals surface area contributed by atoms with Gasteiger partial charge in [-0.3, -0.25) is 9.78 Å². The molecule has 1 saturated carbocycles. The van der Waals surface area contributed by atoms with E-state index < -0.39 is 0 Å². The Morgan fingerprint density at radius 1 is 1.29 bits per heavy atom. The molecular weight excluding hydrogens is 260 g/mol. The van der Waals surface area contributed by atoms with Crippen molar-refractivity contribution >= 4 is 16.7 Å². The van der Waals surface area contributed by atoms with Gasteiger partial charge >= 0.3 is 0 Å². The van der Waals surface area contributed by atoms with Crippen LogP contribution in [0.25, 0.3) is 10.9 Å². The minimum atomic E-state index is -0.378. The number of rotatable bonds is 3. The Labute approximate surface area is 125 Å². The zero-order chi connectivity index (χ0) is 14.9. The van der Waals surface area contributed by atoms with Gasteiger partial charge in [0.2, 0.25) is 0 Å². The maximum atomic E-state index is 13.2. The molecule has 2 aromatic rings. The third-order valence-corrected chi connectivity index (χ3v) is 4.99. The van der Waals surface area contributed by atoms with Gasteiger partial charge in [-0.2, -0.15) is 0 Å². The van der Waals surface area contributed by atoms with Crippen LogP contribution in [-0.2, 0) is 0 Å². The molecule has 0 atom stereocenters. The van der Waals surface area contributed by atoms with E-state index in [0.717, 1.165) is 42.1 Å². The van der Waals surface area contributed by atoms with Crippen molar-refractivity contribution in [1.29, 1.82) is 0 Å². The number of benzene rings is 1. The molecular formula is C18H22N2O. The van der Waals surface area contributed by atoms with Gasteiger partial charge in [-0.25, -0.2) is 0 Å². The summed E-state index contributed by atoms with van der Waals surface area (Å²) < 4.78 is 0. The second-order valence-corrected chi connectivity index (χ2v) is 6.37. The van der Waals surface area contributed by atoms with Gasteiger partial charge in [0, 0.05) is 29.1 Å². The van der Waals surface area contributed by atoms with Gasteiger partial charge < -0.3 is 5.73 Å². The molecule has 0 radical (unpaired) electrons. The number of hydrogen-bond donors (Lipinski definition) is 1. The molecule has 0 saturated heterocycles. The second kappa shape index (κ2) is 5.57. The summed E-state index contributed by atoms with van der Waals surface area (Å²) in [6, 6.07) is 9.65. The number of pyridine rings is 1. The van der Waals surface area contributed by atoms with Crippen LogP contribution >= 0.6 is 0 Å². The number of hydrogen-bond acceptors (Lipinski definition) is 3. The molecule has 1 aliphatic rings. The molecule has 1 aromatic heterocycles. The third-order valence-electron chi connectivity index (χ3n) is 4.99. The minimum absolute atomic E-state index is 0.204. The highest BCUT2D eigenvalue weighted by Crippen LogP contribution is 2.41. The topological polar surface area (TPSA) is 56.0 Å². The van der Waals surface area contributed by atoms with E-state index in [4.69, 9.17) is 5.73 Å². The quantitative estimate of drug-likeness (QED) is 0.875. The van der Waals surface area contributed by atoms with Crippen LogP contribution in [0.5, 0.6) is 0 Å². The summed E-state index contributed by atoms with van der Waals surface area (Å²) >= 11 is 0. The van der Waals surface area contributed by atoms with Crippen LogP contribution in [0.3, 0.4) is 0 Å². The Balaban J connectivity index is 2.03. The number of carbonyl (C=O) groups excluding carboxylic acids is 1. The number of aromatic nitrogens is 1. The van der Waals surface area contributed by atoms with Crippen molar-refractivity contribution in [1.82, 2.24) is 4.98 Å². The zero-order valence-corrected chi connectivity index (χ0v) is 12.5. The van der Waals surface area contributed by atoms with Crippen LogP contribution in [0.15, 0.2) is 36.5 Å². The summed E-state index contributed by atoms with van der Waals surface area (Å²) in [5.41, 5.74) is 7.30. The molecule has 0 aliphatic heterocycles. The maximum Gasteiger partial charge on any atom is 0.170 e. The standard InChI is InChI=1S/C18H22N2O/c1-13-7-9-18(12-19,10-8-13)17(21)15-4-2-6-16-14(15)5-3-11-20-16/h2-6,11,13H,7-10,12,19H2,1H3. The lowest BCUT2D eigenvalue weighted by Crippen LogP contribution is -2.41. The number of fused-ring (bicyclic) bond motifs is 1. The Kier molecular flexibility index (Phi) is 3.77. The monoisotopic (exact) mass is 282 g/mol. The van der Waals surface area contributed by atoms with E-state index in [0.29, 0.717) is 12.5 Å². The molecule has 0 unspecified atom stereocenters. The lowest BCUT2D eigenvalue weighted by Gasteiger charge is -2.37. The normalized spacial score (nSPS) is 25.9. The number of nitrogens with zero attached hydrogens (tertiary/aromatic N) is 1. The Morgan fingerprint density at radius 2 is 2.05 bits per heavy atom. The number of carbonyl (C=O) groups is 1. The van der Waals surface area contributed by atoms with Gasteiger partial charge in [-0.15, -0.1) is 0 Å². The summed E-state index contributed by atoms with van der Waals surface area (Å²) in [4.78, 5) is 17.5. The average molecular weight is 282 g/mol. The predicted molar refractivity (Wildman–Crippen MR) is 85.2 cm³/mol. The summed E-state index contributed by atoms with van der Waals surface area (Å²) in [5, 5.41) is 0.941. The van der Waals surface area contributed by atoms with E-state index in [1.54, 1.807) is 6.20 Å². The molecule has 0 bridgehead atoms. The molecule has 1 aromatic carbocycles. The van der Waals surface area contributed by atoms with Crippen molar-refractivity contribution in [2.75, 3.05) is 6.54 Å². The van der Waals surface area contributed by atoms with Gasteiger partial charge in [-0.05, 0) is 43.7 Å². The Morgan fingerprint density at radius 3 is 2.76 bits per heavy atom. The van der Waals surface area contributed by atoms with Gasteiger partial charge in [0.25, 0.3) is 0 Å². The smallest absolute Gasteiger partial charge is 0.170 e. The first-order chi connectivity index (χ1) is 10.2. The van der Waals surface area contributed by atoms with Crippen molar-refractivity contribution in [3.05, 3.63) is 42.1 Å². The van der Waals surface area contributed by atoms with Crippen molar-refractivity contribution in [2.45, 2.75) is 32.6 Å². The Bertz CT molecular complexity index is 652. The van der Waals surface area contributed by atoms with Crippen molar-refractivity contribution < 1.29 is 4.79 Å². The minimum Gasteiger partial charge on any atom is -0.329 e. The number of Topliss-reactive ketones (excluding diaryl/α,β-unsaturated/α-hetero) is 1. The first-order valence-corrected chi connectivity index (χ1v) is 7.75. The number of ketones is 1. The van der Waals surface area contributed by atoms with Crippen LogP contribution in [0.1, 0.15) is 43.0 Å². The van der Waals surface area contributed by atoms with Gasteiger partial charge in [0.15, 0.2) is 5.78 Å². The highest BCUT2D eigenvalue weighted by atomic mass is 16.1. The van der Waals surface area contributed by atoms with E-state index in [2.05, 4.69) is 11.9 Å². The number of nitrogens with two attached hydrogens (primary N) is 1. The van der Waals surface area contributed by atoms with Crippen LogP contribution in [0.4, 0.5) is 0 Å². The molecule has 1 heterocycles. The predicted octanol–water partition coefficient (Wildman–Crippen LogP) is 3.57.